The van der Waals surface area contributed by atoms with Crippen LogP contribution < -0.4 is 0 Å². The average molecular weight is 261 g/mol. The molecule has 0 aliphatic carbocycles. The normalized spacial score (nSPS) is 9.72. The summed E-state index contributed by atoms with van der Waals surface area (Å²) in [6.07, 6.45) is 0. The lowest BCUT2D eigenvalue weighted by atomic mass is 9.98. The maximum atomic E-state index is 11.4. The Labute approximate surface area is 114 Å². The van der Waals surface area contributed by atoms with Gasteiger partial charge < -0.3 is 0 Å². The second-order valence-corrected chi connectivity index (χ2v) is 4.51. The van der Waals surface area contributed by atoms with Gasteiger partial charge in [-0.25, -0.2) is 0 Å². The number of carbonyl (C=O) groups is 1. The average Bonchev–Trinajstić information content (AvgIpc) is 2.28. The molecule has 0 spiro atoms. The van der Waals surface area contributed by atoms with Gasteiger partial charge in [-0.1, -0.05) is 47.5 Å². The number of ketones is 1. The van der Waals surface area contributed by atoms with E-state index in [0.29, 0.717) is 0 Å². The van der Waals surface area contributed by atoms with Crippen molar-refractivity contribution in [2.75, 3.05) is 0 Å². The van der Waals surface area contributed by atoms with Crippen LogP contribution in [0.3, 0.4) is 0 Å². The second-order valence-electron chi connectivity index (χ2n) is 4.51. The highest BCUT2D eigenvalue weighted by Gasteiger charge is 2.03. The van der Waals surface area contributed by atoms with E-state index in [1.807, 2.05) is 24.3 Å². The van der Waals surface area contributed by atoms with Gasteiger partial charge in [0.25, 0.3) is 0 Å². The summed E-state index contributed by atoms with van der Waals surface area (Å²) >= 11 is 0. The molecule has 2 aromatic carbocycles. The number of hydrogen-bond donors (Lipinski definition) is 0. The molecule has 0 saturated heterocycles. The van der Waals surface area contributed by atoms with Crippen LogP contribution in [0.5, 0.6) is 0 Å². The summed E-state index contributed by atoms with van der Waals surface area (Å²) < 4.78 is 0. The van der Waals surface area contributed by atoms with Crippen LogP contribution in [-0.4, -0.2) is 5.78 Å². The molecule has 0 fully saturated rings. The molecular weight excluding hydrogens is 244 g/mol. The standard InChI is InChI=1S/C16H16O.ClH/c1-11-7-12(2)9-16(8-11)15-6-4-5-14(10-15)13(3)17;/h4-10H,1-3H3;1H. The molecule has 0 heterocycles. The van der Waals surface area contributed by atoms with E-state index in [0.717, 1.165) is 11.1 Å². The van der Waals surface area contributed by atoms with Crippen LogP contribution in [0.2, 0.25) is 0 Å². The fraction of sp³-hybridized carbons (Fsp3) is 0.188. The number of hydrogen-bond acceptors (Lipinski definition) is 1. The maximum absolute atomic E-state index is 11.4. The number of rotatable bonds is 2. The Kier molecular flexibility index (Phi) is 4.69. The summed E-state index contributed by atoms with van der Waals surface area (Å²) in [5.41, 5.74) is 5.53. The fourth-order valence-electron chi connectivity index (χ4n) is 2.06. The van der Waals surface area contributed by atoms with Crippen molar-refractivity contribution in [1.29, 1.82) is 0 Å². The van der Waals surface area contributed by atoms with Crippen LogP contribution in [0.4, 0.5) is 0 Å². The molecule has 0 atom stereocenters. The van der Waals surface area contributed by atoms with Crippen molar-refractivity contribution in [3.8, 4) is 11.1 Å². The minimum atomic E-state index is 0. The van der Waals surface area contributed by atoms with Crippen molar-refractivity contribution in [3.05, 3.63) is 59.2 Å². The van der Waals surface area contributed by atoms with E-state index in [9.17, 15) is 4.79 Å². The molecule has 1 nitrogen and oxygen atoms in total. The van der Waals surface area contributed by atoms with E-state index in [2.05, 4.69) is 32.0 Å². The van der Waals surface area contributed by atoms with E-state index in [-0.39, 0.29) is 18.2 Å². The zero-order chi connectivity index (χ0) is 12.4. The minimum absolute atomic E-state index is 0. The lowest BCUT2D eigenvalue weighted by Gasteiger charge is -2.06. The smallest absolute Gasteiger partial charge is 0.159 e. The molecular formula is C16H17ClO. The first kappa shape index (κ1) is 14.5. The lowest BCUT2D eigenvalue weighted by Crippen LogP contribution is -1.92. The first-order chi connectivity index (χ1) is 8.06. The Balaban J connectivity index is 0.00000162. The quantitative estimate of drug-likeness (QED) is 0.722. The highest BCUT2D eigenvalue weighted by molar-refractivity contribution is 5.95. The Hall–Kier alpha value is -1.60. The summed E-state index contributed by atoms with van der Waals surface area (Å²) in [5, 5.41) is 0. The molecule has 2 rings (SSSR count). The van der Waals surface area contributed by atoms with Crippen molar-refractivity contribution in [2.24, 2.45) is 0 Å². The van der Waals surface area contributed by atoms with Crippen molar-refractivity contribution in [3.63, 3.8) is 0 Å². The third-order valence-electron chi connectivity index (χ3n) is 2.82. The first-order valence-electron chi connectivity index (χ1n) is 5.76. The highest BCUT2D eigenvalue weighted by atomic mass is 35.5. The number of aryl methyl sites for hydroxylation is 2. The molecule has 0 bridgehead atoms. The SMILES string of the molecule is CC(=O)c1cccc(-c2cc(C)cc(C)c2)c1.Cl. The Morgan fingerprint density at radius 3 is 2.06 bits per heavy atom. The van der Waals surface area contributed by atoms with Gasteiger partial charge in [0.2, 0.25) is 0 Å². The van der Waals surface area contributed by atoms with Crippen molar-refractivity contribution in [1.82, 2.24) is 0 Å². The van der Waals surface area contributed by atoms with E-state index < -0.39 is 0 Å². The molecule has 0 N–H and O–H groups in total. The van der Waals surface area contributed by atoms with E-state index in [1.54, 1.807) is 6.92 Å². The number of carbonyl (C=O) groups excluding carboxylic acids is 1. The van der Waals surface area contributed by atoms with Crippen LogP contribution >= 0.6 is 12.4 Å². The van der Waals surface area contributed by atoms with Gasteiger partial charge in [-0.2, -0.15) is 0 Å². The van der Waals surface area contributed by atoms with Crippen LogP contribution in [0.15, 0.2) is 42.5 Å². The summed E-state index contributed by atoms with van der Waals surface area (Å²) in [6, 6.07) is 14.2. The molecule has 2 heteroatoms. The van der Waals surface area contributed by atoms with Gasteiger partial charge >= 0.3 is 0 Å². The zero-order valence-corrected chi connectivity index (χ0v) is 11.7. The Morgan fingerprint density at radius 1 is 0.889 bits per heavy atom. The highest BCUT2D eigenvalue weighted by Crippen LogP contribution is 2.23. The van der Waals surface area contributed by atoms with Crippen molar-refractivity contribution < 1.29 is 4.79 Å². The molecule has 0 aliphatic heterocycles. The Morgan fingerprint density at radius 2 is 1.50 bits per heavy atom. The molecule has 0 saturated carbocycles. The lowest BCUT2D eigenvalue weighted by molar-refractivity contribution is 0.101. The molecule has 0 aliphatic rings. The Bertz CT molecular complexity index is 553. The maximum Gasteiger partial charge on any atom is 0.159 e. The van der Waals surface area contributed by atoms with E-state index in [1.165, 1.54) is 16.7 Å². The number of benzene rings is 2. The van der Waals surface area contributed by atoms with E-state index >= 15 is 0 Å². The van der Waals surface area contributed by atoms with E-state index in [4.69, 9.17) is 0 Å². The zero-order valence-electron chi connectivity index (χ0n) is 10.9. The monoisotopic (exact) mass is 260 g/mol. The summed E-state index contributed by atoms with van der Waals surface area (Å²) in [5.74, 6) is 0.108. The van der Waals surface area contributed by atoms with Crippen molar-refractivity contribution >= 4 is 18.2 Å². The van der Waals surface area contributed by atoms with Gasteiger partial charge in [0, 0.05) is 5.56 Å². The van der Waals surface area contributed by atoms with Gasteiger partial charge in [0.15, 0.2) is 5.78 Å². The number of Topliss-reactive ketones (excluding diaryl/α,β-unsaturated/α-hetero) is 1. The van der Waals surface area contributed by atoms with Gasteiger partial charge in [-0.05, 0) is 38.0 Å². The minimum Gasteiger partial charge on any atom is -0.295 e. The van der Waals surface area contributed by atoms with Crippen molar-refractivity contribution in [2.45, 2.75) is 20.8 Å². The van der Waals surface area contributed by atoms with Gasteiger partial charge in [0.05, 0.1) is 0 Å². The topological polar surface area (TPSA) is 17.1 Å². The number of halogens is 1. The largest absolute Gasteiger partial charge is 0.295 e. The molecule has 0 unspecified atom stereocenters. The summed E-state index contributed by atoms with van der Waals surface area (Å²) in [4.78, 5) is 11.4. The predicted octanol–water partition coefficient (Wildman–Crippen LogP) is 4.59. The molecule has 94 valence electrons. The van der Waals surface area contributed by atoms with Gasteiger partial charge in [-0.3, -0.25) is 4.79 Å². The van der Waals surface area contributed by atoms with Crippen LogP contribution in [0, 0.1) is 13.8 Å². The van der Waals surface area contributed by atoms with Gasteiger partial charge in [0.1, 0.15) is 0 Å². The third-order valence-corrected chi connectivity index (χ3v) is 2.82. The fourth-order valence-corrected chi connectivity index (χ4v) is 2.06. The van der Waals surface area contributed by atoms with Crippen LogP contribution in [-0.2, 0) is 0 Å². The first-order valence-corrected chi connectivity index (χ1v) is 5.76. The van der Waals surface area contributed by atoms with Crippen LogP contribution in [0.25, 0.3) is 11.1 Å². The van der Waals surface area contributed by atoms with Crippen LogP contribution in [0.1, 0.15) is 28.4 Å². The molecule has 18 heavy (non-hydrogen) atoms. The predicted molar refractivity (Wildman–Crippen MR) is 78.6 cm³/mol. The molecule has 2 aromatic rings. The van der Waals surface area contributed by atoms with Gasteiger partial charge in [-0.15, -0.1) is 12.4 Å². The molecule has 0 radical (unpaired) electrons. The summed E-state index contributed by atoms with van der Waals surface area (Å²) in [7, 11) is 0. The summed E-state index contributed by atoms with van der Waals surface area (Å²) in [6.45, 7) is 5.78. The second kappa shape index (κ2) is 5.83. The molecule has 0 amide bonds. The molecule has 0 aromatic heterocycles. The third kappa shape index (κ3) is 3.21.